The molecule has 0 saturated carbocycles. The van der Waals surface area contributed by atoms with Crippen LogP contribution in [0, 0.1) is 0 Å². The van der Waals surface area contributed by atoms with Crippen molar-refractivity contribution < 1.29 is 14.3 Å². The monoisotopic (exact) mass is 343 g/mol. The van der Waals surface area contributed by atoms with Crippen molar-refractivity contribution in [3.05, 3.63) is 42.2 Å². The van der Waals surface area contributed by atoms with Crippen LogP contribution in [0.4, 0.5) is 10.5 Å². The van der Waals surface area contributed by atoms with E-state index in [9.17, 15) is 4.79 Å². The van der Waals surface area contributed by atoms with E-state index in [2.05, 4.69) is 16.0 Å². The van der Waals surface area contributed by atoms with E-state index in [-0.39, 0.29) is 12.1 Å². The summed E-state index contributed by atoms with van der Waals surface area (Å²) in [5.41, 5.74) is 1.86. The summed E-state index contributed by atoms with van der Waals surface area (Å²) in [6.07, 6.45) is 4.01. The molecule has 1 saturated heterocycles. The fourth-order valence-electron chi connectivity index (χ4n) is 3.36. The number of amides is 2. The highest BCUT2D eigenvalue weighted by Crippen LogP contribution is 2.34. The number of nitrogens with zero attached hydrogens (tertiary/aromatic N) is 2. The molecule has 6 heteroatoms. The highest BCUT2D eigenvalue weighted by Gasteiger charge is 2.31. The molecule has 2 amide bonds. The van der Waals surface area contributed by atoms with Gasteiger partial charge in [-0.3, -0.25) is 0 Å². The van der Waals surface area contributed by atoms with E-state index in [0.717, 1.165) is 25.1 Å². The van der Waals surface area contributed by atoms with E-state index in [1.807, 2.05) is 37.2 Å². The number of likely N-dealkylation sites (tertiary alicyclic amines) is 1. The molecule has 2 heterocycles. The average molecular weight is 343 g/mol. The number of aromatic nitrogens is 1. The first-order valence-electron chi connectivity index (χ1n) is 8.63. The van der Waals surface area contributed by atoms with E-state index in [1.165, 1.54) is 0 Å². The quantitative estimate of drug-likeness (QED) is 0.898. The van der Waals surface area contributed by atoms with Gasteiger partial charge in [-0.2, -0.15) is 0 Å². The standard InChI is InChI=1S/C19H25N3O3/c1-4-25-18-13-14(9-10-17(18)24-3)20-19(23)22-12-6-8-16(22)15-7-5-11-21(15)2/h5,7,9-11,13,16H,4,6,8,12H2,1-3H3,(H,20,23). The van der Waals surface area contributed by atoms with Gasteiger partial charge >= 0.3 is 6.03 Å². The molecule has 1 N–H and O–H groups in total. The fraction of sp³-hybridized carbons (Fsp3) is 0.421. The van der Waals surface area contributed by atoms with Crippen molar-refractivity contribution in [2.24, 2.45) is 7.05 Å². The van der Waals surface area contributed by atoms with Crippen LogP contribution < -0.4 is 14.8 Å². The molecule has 2 aromatic rings. The molecule has 3 rings (SSSR count). The van der Waals surface area contributed by atoms with Gasteiger partial charge in [0.15, 0.2) is 11.5 Å². The van der Waals surface area contributed by atoms with Gasteiger partial charge in [-0.25, -0.2) is 4.79 Å². The van der Waals surface area contributed by atoms with Crippen LogP contribution in [-0.2, 0) is 7.05 Å². The third kappa shape index (κ3) is 3.57. The van der Waals surface area contributed by atoms with Crippen molar-refractivity contribution in [3.8, 4) is 11.5 Å². The van der Waals surface area contributed by atoms with E-state index >= 15 is 0 Å². The SMILES string of the molecule is CCOc1cc(NC(=O)N2CCCC2c2cccn2C)ccc1OC. The van der Waals surface area contributed by atoms with E-state index < -0.39 is 0 Å². The molecule has 0 bridgehead atoms. The zero-order valence-corrected chi connectivity index (χ0v) is 15.0. The van der Waals surface area contributed by atoms with Crippen molar-refractivity contribution >= 4 is 11.7 Å². The minimum Gasteiger partial charge on any atom is -0.493 e. The molecule has 0 spiro atoms. The average Bonchev–Trinajstić information content (AvgIpc) is 3.23. The second-order valence-corrected chi connectivity index (χ2v) is 6.12. The molecule has 134 valence electrons. The fourth-order valence-corrected chi connectivity index (χ4v) is 3.36. The molecule has 0 radical (unpaired) electrons. The number of urea groups is 1. The second-order valence-electron chi connectivity index (χ2n) is 6.12. The number of hydrogen-bond donors (Lipinski definition) is 1. The van der Waals surface area contributed by atoms with Crippen LogP contribution in [0.15, 0.2) is 36.5 Å². The van der Waals surface area contributed by atoms with Crippen molar-refractivity contribution in [1.29, 1.82) is 0 Å². The van der Waals surface area contributed by atoms with Gasteiger partial charge in [0, 0.05) is 37.2 Å². The van der Waals surface area contributed by atoms with E-state index in [4.69, 9.17) is 9.47 Å². The number of carbonyl (C=O) groups is 1. The van der Waals surface area contributed by atoms with Crippen molar-refractivity contribution in [1.82, 2.24) is 9.47 Å². The van der Waals surface area contributed by atoms with Gasteiger partial charge in [0.1, 0.15) is 0 Å². The molecular formula is C19H25N3O3. The largest absolute Gasteiger partial charge is 0.493 e. The zero-order valence-electron chi connectivity index (χ0n) is 15.0. The van der Waals surface area contributed by atoms with Crippen LogP contribution in [0.2, 0.25) is 0 Å². The van der Waals surface area contributed by atoms with Crippen LogP contribution >= 0.6 is 0 Å². The topological polar surface area (TPSA) is 55.7 Å². The number of anilines is 1. The van der Waals surface area contributed by atoms with Crippen molar-refractivity contribution in [3.63, 3.8) is 0 Å². The highest BCUT2D eigenvalue weighted by molar-refractivity contribution is 5.90. The Morgan fingerprint density at radius 3 is 2.84 bits per heavy atom. The van der Waals surface area contributed by atoms with Gasteiger partial charge < -0.3 is 24.3 Å². The van der Waals surface area contributed by atoms with Crippen LogP contribution in [-0.4, -0.2) is 35.8 Å². The Labute approximate surface area is 148 Å². The molecule has 0 aliphatic carbocycles. The maximum Gasteiger partial charge on any atom is 0.322 e. The molecule has 1 aliphatic rings. The Hall–Kier alpha value is -2.63. The molecular weight excluding hydrogens is 318 g/mol. The summed E-state index contributed by atoms with van der Waals surface area (Å²) in [5, 5.41) is 2.99. The van der Waals surface area contributed by atoms with Gasteiger partial charge in [0.25, 0.3) is 0 Å². The summed E-state index contributed by atoms with van der Waals surface area (Å²) in [6, 6.07) is 9.55. The minimum atomic E-state index is -0.0867. The molecule has 1 aromatic carbocycles. The van der Waals surface area contributed by atoms with Crippen LogP contribution in [0.5, 0.6) is 11.5 Å². The van der Waals surface area contributed by atoms with Crippen LogP contribution in [0.25, 0.3) is 0 Å². The predicted molar refractivity (Wildman–Crippen MR) is 97.3 cm³/mol. The number of aryl methyl sites for hydroxylation is 1. The van der Waals surface area contributed by atoms with Gasteiger partial charge in [-0.05, 0) is 44.0 Å². The maximum atomic E-state index is 12.8. The summed E-state index contributed by atoms with van der Waals surface area (Å²) in [7, 11) is 3.62. The van der Waals surface area contributed by atoms with E-state index in [1.54, 1.807) is 19.2 Å². The highest BCUT2D eigenvalue weighted by atomic mass is 16.5. The molecule has 25 heavy (non-hydrogen) atoms. The summed E-state index contributed by atoms with van der Waals surface area (Å²) < 4.78 is 12.9. The Balaban J connectivity index is 1.75. The molecule has 1 aliphatic heterocycles. The number of benzene rings is 1. The normalized spacial score (nSPS) is 16.8. The minimum absolute atomic E-state index is 0.0867. The Kier molecular flexibility index (Phi) is 5.16. The number of nitrogens with one attached hydrogen (secondary N) is 1. The lowest BCUT2D eigenvalue weighted by Crippen LogP contribution is -2.35. The van der Waals surface area contributed by atoms with Crippen LogP contribution in [0.3, 0.4) is 0 Å². The summed E-state index contributed by atoms with van der Waals surface area (Å²) in [5.74, 6) is 1.28. The number of methoxy groups -OCH3 is 1. The van der Waals surface area contributed by atoms with Gasteiger partial charge in [-0.1, -0.05) is 0 Å². The van der Waals surface area contributed by atoms with Gasteiger partial charge in [0.05, 0.1) is 19.8 Å². The van der Waals surface area contributed by atoms with Gasteiger partial charge in [-0.15, -0.1) is 0 Å². The number of hydrogen-bond acceptors (Lipinski definition) is 3. The Morgan fingerprint density at radius 1 is 1.32 bits per heavy atom. The first-order valence-corrected chi connectivity index (χ1v) is 8.63. The van der Waals surface area contributed by atoms with Crippen molar-refractivity contribution in [2.45, 2.75) is 25.8 Å². The number of ether oxygens (including phenoxy) is 2. The third-order valence-corrected chi connectivity index (χ3v) is 4.55. The smallest absolute Gasteiger partial charge is 0.322 e. The maximum absolute atomic E-state index is 12.8. The van der Waals surface area contributed by atoms with Crippen LogP contribution in [0.1, 0.15) is 31.5 Å². The zero-order chi connectivity index (χ0) is 17.8. The number of carbonyl (C=O) groups excluding carboxylic acids is 1. The number of rotatable bonds is 5. The lowest BCUT2D eigenvalue weighted by molar-refractivity contribution is 0.205. The lowest BCUT2D eigenvalue weighted by Gasteiger charge is -2.25. The molecule has 6 nitrogen and oxygen atoms in total. The predicted octanol–water partition coefficient (Wildman–Crippen LogP) is 3.80. The first-order chi connectivity index (χ1) is 12.1. The molecule has 1 aromatic heterocycles. The summed E-state index contributed by atoms with van der Waals surface area (Å²) in [4.78, 5) is 14.7. The van der Waals surface area contributed by atoms with E-state index in [0.29, 0.717) is 23.8 Å². The van der Waals surface area contributed by atoms with Crippen molar-refractivity contribution in [2.75, 3.05) is 25.6 Å². The van der Waals surface area contributed by atoms with Gasteiger partial charge in [0.2, 0.25) is 0 Å². The third-order valence-electron chi connectivity index (χ3n) is 4.55. The second kappa shape index (κ2) is 7.51. The molecule has 1 atom stereocenters. The Bertz CT molecular complexity index is 741. The first kappa shape index (κ1) is 17.2. The molecule has 1 unspecified atom stereocenters. The lowest BCUT2D eigenvalue weighted by atomic mass is 10.1. The Morgan fingerprint density at radius 2 is 2.16 bits per heavy atom. The molecule has 1 fully saturated rings. The summed E-state index contributed by atoms with van der Waals surface area (Å²) in [6.45, 7) is 3.21. The summed E-state index contributed by atoms with van der Waals surface area (Å²) >= 11 is 0.